The summed E-state index contributed by atoms with van der Waals surface area (Å²) in [5.74, 6) is 0.402. The van der Waals surface area contributed by atoms with Crippen molar-refractivity contribution >= 4 is 23.2 Å². The normalized spacial score (nSPS) is 15.2. The van der Waals surface area contributed by atoms with Gasteiger partial charge < -0.3 is 20.0 Å². The first-order chi connectivity index (χ1) is 15.5. The van der Waals surface area contributed by atoms with Crippen molar-refractivity contribution in [3.63, 3.8) is 0 Å². The molecule has 2 heterocycles. The largest absolute Gasteiger partial charge is 0.459 e. The van der Waals surface area contributed by atoms with Crippen LogP contribution in [0.25, 0.3) is 0 Å². The van der Waals surface area contributed by atoms with E-state index < -0.39 is 0 Å². The van der Waals surface area contributed by atoms with Crippen LogP contribution in [0.4, 0.5) is 11.4 Å². The molecule has 3 aromatic rings. The van der Waals surface area contributed by atoms with E-state index in [4.69, 9.17) is 4.42 Å². The standard InChI is InChI=1S/C26H29N3O3/c1-18-12-14-29(15-13-18)23-11-10-21(28-26(31)24-9-6-16-32-24)17-22(23)25(30)27-19(2)20-7-4-3-5-8-20/h3-11,16-19H,12-15H2,1-2H3,(H,27,30)(H,28,31). The fourth-order valence-corrected chi connectivity index (χ4v) is 4.02. The van der Waals surface area contributed by atoms with Gasteiger partial charge in [0.1, 0.15) is 0 Å². The van der Waals surface area contributed by atoms with E-state index in [1.54, 1.807) is 18.2 Å². The van der Waals surface area contributed by atoms with Crippen molar-refractivity contribution in [2.75, 3.05) is 23.3 Å². The third-order valence-corrected chi connectivity index (χ3v) is 6.02. The van der Waals surface area contributed by atoms with E-state index in [0.29, 0.717) is 17.2 Å². The Labute approximate surface area is 188 Å². The van der Waals surface area contributed by atoms with Gasteiger partial charge in [0, 0.05) is 24.5 Å². The van der Waals surface area contributed by atoms with Crippen LogP contribution in [-0.4, -0.2) is 24.9 Å². The molecule has 1 unspecified atom stereocenters. The van der Waals surface area contributed by atoms with Crippen molar-refractivity contribution in [1.82, 2.24) is 5.32 Å². The number of hydrogen-bond donors (Lipinski definition) is 2. The molecular formula is C26H29N3O3. The summed E-state index contributed by atoms with van der Waals surface area (Å²) in [5.41, 5.74) is 3.04. The molecule has 0 spiro atoms. The van der Waals surface area contributed by atoms with Crippen molar-refractivity contribution in [2.24, 2.45) is 5.92 Å². The number of carbonyl (C=O) groups is 2. The summed E-state index contributed by atoms with van der Waals surface area (Å²) in [7, 11) is 0. The Bertz CT molecular complexity index is 1060. The number of amides is 2. The minimum atomic E-state index is -0.349. The maximum absolute atomic E-state index is 13.4. The first-order valence-corrected chi connectivity index (χ1v) is 11.1. The summed E-state index contributed by atoms with van der Waals surface area (Å²) in [4.78, 5) is 28.0. The molecular weight excluding hydrogens is 402 g/mol. The second-order valence-corrected chi connectivity index (χ2v) is 8.44. The van der Waals surface area contributed by atoms with Crippen LogP contribution in [0.5, 0.6) is 0 Å². The lowest BCUT2D eigenvalue weighted by Gasteiger charge is -2.33. The van der Waals surface area contributed by atoms with Gasteiger partial charge >= 0.3 is 0 Å². The Morgan fingerprint density at radius 3 is 2.44 bits per heavy atom. The Morgan fingerprint density at radius 2 is 1.75 bits per heavy atom. The van der Waals surface area contributed by atoms with Gasteiger partial charge in [0.2, 0.25) is 0 Å². The fourth-order valence-electron chi connectivity index (χ4n) is 4.02. The monoisotopic (exact) mass is 431 g/mol. The molecule has 1 aliphatic heterocycles. The minimum Gasteiger partial charge on any atom is -0.459 e. The van der Waals surface area contributed by atoms with E-state index in [9.17, 15) is 9.59 Å². The second-order valence-electron chi connectivity index (χ2n) is 8.44. The highest BCUT2D eigenvalue weighted by molar-refractivity contribution is 6.05. The highest BCUT2D eigenvalue weighted by Gasteiger charge is 2.23. The summed E-state index contributed by atoms with van der Waals surface area (Å²) in [6.45, 7) is 6.05. The van der Waals surface area contributed by atoms with E-state index in [2.05, 4.69) is 22.5 Å². The molecule has 6 heteroatoms. The molecule has 1 fully saturated rings. The number of nitrogens with zero attached hydrogens (tertiary/aromatic N) is 1. The van der Waals surface area contributed by atoms with E-state index in [1.165, 1.54) is 6.26 Å². The lowest BCUT2D eigenvalue weighted by molar-refractivity contribution is 0.0938. The predicted molar refractivity (Wildman–Crippen MR) is 126 cm³/mol. The zero-order valence-corrected chi connectivity index (χ0v) is 18.5. The number of furan rings is 1. The van der Waals surface area contributed by atoms with Crippen LogP contribution >= 0.6 is 0 Å². The molecule has 2 amide bonds. The third-order valence-electron chi connectivity index (χ3n) is 6.02. The van der Waals surface area contributed by atoms with Crippen LogP contribution < -0.4 is 15.5 Å². The summed E-state index contributed by atoms with van der Waals surface area (Å²) in [5, 5.41) is 5.94. The molecule has 0 bridgehead atoms. The van der Waals surface area contributed by atoms with Gasteiger partial charge in [-0.05, 0) is 61.6 Å². The maximum Gasteiger partial charge on any atom is 0.291 e. The molecule has 2 N–H and O–H groups in total. The Balaban J connectivity index is 1.59. The van der Waals surface area contributed by atoms with Crippen molar-refractivity contribution < 1.29 is 14.0 Å². The predicted octanol–water partition coefficient (Wildman–Crippen LogP) is 5.26. The third kappa shape index (κ3) is 5.02. The van der Waals surface area contributed by atoms with Gasteiger partial charge in [-0.1, -0.05) is 37.3 Å². The van der Waals surface area contributed by atoms with Gasteiger partial charge in [-0.2, -0.15) is 0 Å². The van der Waals surface area contributed by atoms with Crippen molar-refractivity contribution in [2.45, 2.75) is 32.7 Å². The molecule has 32 heavy (non-hydrogen) atoms. The first kappa shape index (κ1) is 21.7. The smallest absolute Gasteiger partial charge is 0.291 e. The van der Waals surface area contributed by atoms with Crippen molar-refractivity contribution in [3.8, 4) is 0 Å². The Hall–Kier alpha value is -3.54. The van der Waals surface area contributed by atoms with Gasteiger partial charge in [0.15, 0.2) is 5.76 Å². The summed E-state index contributed by atoms with van der Waals surface area (Å²) >= 11 is 0. The lowest BCUT2D eigenvalue weighted by atomic mass is 9.97. The van der Waals surface area contributed by atoms with E-state index in [0.717, 1.165) is 37.2 Å². The highest BCUT2D eigenvalue weighted by Crippen LogP contribution is 2.29. The number of piperidine rings is 1. The Morgan fingerprint density at radius 1 is 1.00 bits per heavy atom. The summed E-state index contributed by atoms with van der Waals surface area (Å²) < 4.78 is 5.18. The highest BCUT2D eigenvalue weighted by atomic mass is 16.3. The zero-order valence-electron chi connectivity index (χ0n) is 18.5. The van der Waals surface area contributed by atoms with Crippen LogP contribution in [0, 0.1) is 5.92 Å². The summed E-state index contributed by atoms with van der Waals surface area (Å²) in [6, 6.07) is 18.5. The van der Waals surface area contributed by atoms with Gasteiger partial charge in [0.05, 0.1) is 17.9 Å². The number of nitrogens with one attached hydrogen (secondary N) is 2. The molecule has 1 saturated heterocycles. The zero-order chi connectivity index (χ0) is 22.5. The van der Waals surface area contributed by atoms with Crippen LogP contribution in [0.2, 0.25) is 0 Å². The lowest BCUT2D eigenvalue weighted by Crippen LogP contribution is -2.35. The Kier molecular flexibility index (Phi) is 6.59. The number of anilines is 2. The van der Waals surface area contributed by atoms with Gasteiger partial charge in [-0.15, -0.1) is 0 Å². The van der Waals surface area contributed by atoms with E-state index in [1.807, 2.05) is 49.4 Å². The number of carbonyl (C=O) groups excluding carboxylic acids is 2. The molecule has 1 aromatic heterocycles. The van der Waals surface area contributed by atoms with Gasteiger partial charge in [-0.3, -0.25) is 9.59 Å². The maximum atomic E-state index is 13.4. The van der Waals surface area contributed by atoms with Crippen LogP contribution in [0.15, 0.2) is 71.3 Å². The van der Waals surface area contributed by atoms with Crippen LogP contribution in [-0.2, 0) is 0 Å². The molecule has 1 atom stereocenters. The van der Waals surface area contributed by atoms with E-state index >= 15 is 0 Å². The quantitative estimate of drug-likeness (QED) is 0.558. The molecule has 166 valence electrons. The van der Waals surface area contributed by atoms with Gasteiger partial charge in [-0.25, -0.2) is 0 Å². The minimum absolute atomic E-state index is 0.140. The average molecular weight is 432 g/mol. The first-order valence-electron chi connectivity index (χ1n) is 11.1. The second kappa shape index (κ2) is 9.73. The van der Waals surface area contributed by atoms with Gasteiger partial charge in [0.25, 0.3) is 11.8 Å². The summed E-state index contributed by atoms with van der Waals surface area (Å²) in [6.07, 6.45) is 3.65. The molecule has 4 rings (SSSR count). The molecule has 2 aromatic carbocycles. The van der Waals surface area contributed by atoms with Crippen molar-refractivity contribution in [3.05, 3.63) is 83.8 Å². The molecule has 0 saturated carbocycles. The molecule has 6 nitrogen and oxygen atoms in total. The number of hydrogen-bond acceptors (Lipinski definition) is 4. The number of benzene rings is 2. The molecule has 0 aliphatic carbocycles. The molecule has 0 radical (unpaired) electrons. The van der Waals surface area contributed by atoms with Crippen LogP contribution in [0.3, 0.4) is 0 Å². The SMILES string of the molecule is CC1CCN(c2ccc(NC(=O)c3ccco3)cc2C(=O)NC(C)c2ccccc2)CC1. The number of rotatable bonds is 6. The average Bonchev–Trinajstić information content (AvgIpc) is 3.35. The van der Waals surface area contributed by atoms with E-state index in [-0.39, 0.29) is 23.6 Å². The van der Waals surface area contributed by atoms with Crippen molar-refractivity contribution in [1.29, 1.82) is 0 Å². The van der Waals surface area contributed by atoms with Crippen LogP contribution in [0.1, 0.15) is 59.2 Å². The fraction of sp³-hybridized carbons (Fsp3) is 0.308. The molecule has 1 aliphatic rings. The topological polar surface area (TPSA) is 74.6 Å².